The van der Waals surface area contributed by atoms with Gasteiger partial charge in [0.25, 0.3) is 0 Å². The molecule has 1 N–H and O–H groups in total. The molecule has 6 heteroatoms. The number of aliphatic hydroxyl groups is 1. The molecule has 24 heavy (non-hydrogen) atoms. The normalized spacial score (nSPS) is 19.3. The Kier molecular flexibility index (Phi) is 3.89. The minimum Gasteiger partial charge on any atom is -0.387 e. The van der Waals surface area contributed by atoms with Gasteiger partial charge in [-0.15, -0.1) is 0 Å². The lowest BCUT2D eigenvalue weighted by Gasteiger charge is -2.28. The summed E-state index contributed by atoms with van der Waals surface area (Å²) in [6.45, 7) is 1.91. The Morgan fingerprint density at radius 1 is 1.29 bits per heavy atom. The number of aliphatic hydroxyl groups excluding tert-OH is 1. The lowest BCUT2D eigenvalue weighted by atomic mass is 10.1. The maximum atomic E-state index is 13.3. The molecule has 1 saturated carbocycles. The fourth-order valence-electron chi connectivity index (χ4n) is 3.54. The summed E-state index contributed by atoms with van der Waals surface area (Å²) in [6.07, 6.45) is 2.51. The van der Waals surface area contributed by atoms with E-state index in [4.69, 9.17) is 4.98 Å². The topological polar surface area (TPSA) is 41.3 Å². The van der Waals surface area contributed by atoms with Crippen molar-refractivity contribution in [3.05, 3.63) is 52.6 Å². The fraction of sp³-hybridized carbons (Fsp3) is 0.500. The first-order chi connectivity index (χ1) is 11.5. The summed E-state index contributed by atoms with van der Waals surface area (Å²) in [5.41, 5.74) is 2.78. The first-order valence-electron chi connectivity index (χ1n) is 8.42. The van der Waals surface area contributed by atoms with Gasteiger partial charge in [-0.05, 0) is 30.5 Å². The number of aromatic nitrogens is 2. The number of rotatable bonds is 4. The molecule has 4 rings (SSSR count). The van der Waals surface area contributed by atoms with E-state index in [1.165, 1.54) is 30.4 Å². The predicted molar refractivity (Wildman–Crippen MR) is 85.5 cm³/mol. The minimum absolute atomic E-state index is 0.389. The van der Waals surface area contributed by atoms with Crippen molar-refractivity contribution in [2.24, 2.45) is 7.05 Å². The third kappa shape index (κ3) is 2.84. The number of halogens is 2. The molecule has 1 aliphatic carbocycles. The molecule has 1 aromatic heterocycles. The van der Waals surface area contributed by atoms with Crippen LogP contribution in [0.1, 0.15) is 47.6 Å². The molecule has 1 atom stereocenters. The summed E-state index contributed by atoms with van der Waals surface area (Å²) < 4.78 is 28.6. The van der Waals surface area contributed by atoms with Crippen LogP contribution in [0.5, 0.6) is 0 Å². The largest absolute Gasteiger partial charge is 0.387 e. The van der Waals surface area contributed by atoms with Crippen molar-refractivity contribution in [1.82, 2.24) is 14.5 Å². The van der Waals surface area contributed by atoms with Crippen molar-refractivity contribution in [3.8, 4) is 0 Å². The number of benzene rings is 1. The summed E-state index contributed by atoms with van der Waals surface area (Å²) in [7, 11) is 2.09. The van der Waals surface area contributed by atoms with Gasteiger partial charge in [-0.25, -0.2) is 13.8 Å². The summed E-state index contributed by atoms with van der Waals surface area (Å²) in [6, 6.07) is 3.56. The molecular weight excluding hydrogens is 312 g/mol. The van der Waals surface area contributed by atoms with Gasteiger partial charge in [-0.2, -0.15) is 0 Å². The highest BCUT2D eigenvalue weighted by Crippen LogP contribution is 2.40. The Hall–Kier alpha value is -1.79. The monoisotopic (exact) mass is 333 g/mol. The molecule has 2 aliphatic rings. The zero-order valence-electron chi connectivity index (χ0n) is 13.7. The van der Waals surface area contributed by atoms with Crippen LogP contribution in [-0.2, 0) is 20.0 Å². The first kappa shape index (κ1) is 15.7. The van der Waals surface area contributed by atoms with E-state index in [0.717, 1.165) is 30.8 Å². The Labute approximate surface area is 139 Å². The van der Waals surface area contributed by atoms with E-state index in [-0.39, 0.29) is 0 Å². The molecule has 0 spiro atoms. The highest BCUT2D eigenvalue weighted by atomic mass is 19.2. The number of β-amino-alcohol motifs (C(OH)–C–C–N with tert-alkyl or cyclic N) is 1. The van der Waals surface area contributed by atoms with Crippen LogP contribution in [0.3, 0.4) is 0 Å². The molecule has 1 fully saturated rings. The smallest absolute Gasteiger partial charge is 0.159 e. The number of imidazole rings is 1. The zero-order valence-corrected chi connectivity index (χ0v) is 13.7. The van der Waals surface area contributed by atoms with Gasteiger partial charge in [0, 0.05) is 44.7 Å². The Balaban J connectivity index is 1.46. The molecule has 1 aliphatic heterocycles. The van der Waals surface area contributed by atoms with E-state index in [1.54, 1.807) is 0 Å². The van der Waals surface area contributed by atoms with Crippen molar-refractivity contribution in [2.45, 2.75) is 37.8 Å². The number of hydrogen-bond donors (Lipinski definition) is 1. The van der Waals surface area contributed by atoms with E-state index >= 15 is 0 Å². The Morgan fingerprint density at radius 3 is 2.79 bits per heavy atom. The quantitative estimate of drug-likeness (QED) is 0.935. The third-order valence-corrected chi connectivity index (χ3v) is 5.07. The van der Waals surface area contributed by atoms with E-state index in [1.807, 2.05) is 0 Å². The molecule has 1 aromatic carbocycles. The van der Waals surface area contributed by atoms with Crippen molar-refractivity contribution in [3.63, 3.8) is 0 Å². The number of hydrogen-bond acceptors (Lipinski definition) is 3. The van der Waals surface area contributed by atoms with Gasteiger partial charge in [0.2, 0.25) is 0 Å². The SMILES string of the molecule is Cn1c(C2CC2)nc2c1CCN(C[C@H](O)c1ccc(F)c(F)c1)C2. The second-order valence-corrected chi connectivity index (χ2v) is 6.87. The number of nitrogens with zero attached hydrogens (tertiary/aromatic N) is 3. The van der Waals surface area contributed by atoms with Crippen LogP contribution >= 0.6 is 0 Å². The molecular formula is C18H21F2N3O. The predicted octanol–water partition coefficient (Wildman–Crippen LogP) is 2.67. The van der Waals surface area contributed by atoms with Gasteiger partial charge in [0.1, 0.15) is 5.82 Å². The molecule has 0 unspecified atom stereocenters. The van der Waals surface area contributed by atoms with E-state index in [9.17, 15) is 13.9 Å². The second-order valence-electron chi connectivity index (χ2n) is 6.87. The van der Waals surface area contributed by atoms with E-state index in [2.05, 4.69) is 16.5 Å². The third-order valence-electron chi connectivity index (χ3n) is 5.07. The molecule has 0 bridgehead atoms. The number of fused-ring (bicyclic) bond motifs is 1. The van der Waals surface area contributed by atoms with Crippen molar-refractivity contribution in [2.75, 3.05) is 13.1 Å². The van der Waals surface area contributed by atoms with Gasteiger partial charge in [0.05, 0.1) is 11.8 Å². The minimum atomic E-state index is -0.925. The van der Waals surface area contributed by atoms with Crippen LogP contribution in [0.15, 0.2) is 18.2 Å². The van der Waals surface area contributed by atoms with Crippen molar-refractivity contribution < 1.29 is 13.9 Å². The van der Waals surface area contributed by atoms with Crippen LogP contribution < -0.4 is 0 Å². The van der Waals surface area contributed by atoms with Gasteiger partial charge in [-0.3, -0.25) is 4.90 Å². The second kappa shape index (κ2) is 5.93. The average Bonchev–Trinajstić information content (AvgIpc) is 3.35. The molecule has 0 amide bonds. The maximum Gasteiger partial charge on any atom is 0.159 e. The molecule has 2 aromatic rings. The standard InChI is InChI=1S/C18H21F2N3O/c1-22-16-6-7-23(9-15(16)21-18(22)11-2-3-11)10-17(24)12-4-5-13(19)14(20)8-12/h4-5,8,11,17,24H,2-3,6-7,9-10H2,1H3/t17-/m0/s1. The van der Waals surface area contributed by atoms with Crippen LogP contribution in [0.2, 0.25) is 0 Å². The highest BCUT2D eigenvalue weighted by molar-refractivity contribution is 5.24. The molecule has 0 radical (unpaired) electrons. The summed E-state index contributed by atoms with van der Waals surface area (Å²) >= 11 is 0. The van der Waals surface area contributed by atoms with Crippen molar-refractivity contribution >= 4 is 0 Å². The van der Waals surface area contributed by atoms with Crippen LogP contribution in [-0.4, -0.2) is 32.6 Å². The summed E-state index contributed by atoms with van der Waals surface area (Å²) in [5, 5.41) is 10.3. The molecule has 0 saturated heterocycles. The van der Waals surface area contributed by atoms with Gasteiger partial charge in [0.15, 0.2) is 11.6 Å². The fourth-order valence-corrected chi connectivity index (χ4v) is 3.54. The first-order valence-corrected chi connectivity index (χ1v) is 8.42. The van der Waals surface area contributed by atoms with Crippen LogP contribution in [0.25, 0.3) is 0 Å². The summed E-state index contributed by atoms with van der Waals surface area (Å²) in [5.74, 6) is -0.0224. The molecule has 4 nitrogen and oxygen atoms in total. The molecule has 2 heterocycles. The van der Waals surface area contributed by atoms with Crippen molar-refractivity contribution in [1.29, 1.82) is 0 Å². The maximum absolute atomic E-state index is 13.3. The van der Waals surface area contributed by atoms with Gasteiger partial charge in [-0.1, -0.05) is 6.07 Å². The van der Waals surface area contributed by atoms with Gasteiger partial charge >= 0.3 is 0 Å². The average molecular weight is 333 g/mol. The zero-order chi connectivity index (χ0) is 16.8. The Bertz CT molecular complexity index is 770. The van der Waals surface area contributed by atoms with Crippen LogP contribution in [0.4, 0.5) is 8.78 Å². The van der Waals surface area contributed by atoms with E-state index < -0.39 is 17.7 Å². The molecule has 128 valence electrons. The van der Waals surface area contributed by atoms with Gasteiger partial charge < -0.3 is 9.67 Å². The van der Waals surface area contributed by atoms with Crippen LogP contribution in [0, 0.1) is 11.6 Å². The highest BCUT2D eigenvalue weighted by Gasteiger charge is 2.32. The summed E-state index contributed by atoms with van der Waals surface area (Å²) in [4.78, 5) is 6.92. The Morgan fingerprint density at radius 2 is 2.08 bits per heavy atom. The van der Waals surface area contributed by atoms with E-state index in [0.29, 0.717) is 24.6 Å². The lowest BCUT2D eigenvalue weighted by molar-refractivity contribution is 0.104. The lowest BCUT2D eigenvalue weighted by Crippen LogP contribution is -2.34.